The van der Waals surface area contributed by atoms with Crippen LogP contribution in [0.5, 0.6) is 0 Å². The number of morpholine rings is 1. The molecule has 6 nitrogen and oxygen atoms in total. The van der Waals surface area contributed by atoms with Crippen molar-refractivity contribution in [1.29, 1.82) is 0 Å². The average molecular weight is 369 g/mol. The number of sulfonamides is 1. The number of nitrogens with two attached hydrogens (primary N) is 1. The molecule has 9 heteroatoms. The van der Waals surface area contributed by atoms with Crippen LogP contribution in [0.25, 0.3) is 0 Å². The number of aliphatic hydroxyl groups is 1. The van der Waals surface area contributed by atoms with Crippen LogP contribution in [0.4, 0.5) is 10.1 Å². The number of hydrogen-bond donors (Lipinski definition) is 2. The zero-order valence-electron chi connectivity index (χ0n) is 10.4. The lowest BCUT2D eigenvalue weighted by molar-refractivity contribution is 0.0109. The molecule has 112 valence electrons. The molecular weight excluding hydrogens is 355 g/mol. The number of aliphatic hydroxyl groups excluding tert-OH is 1. The van der Waals surface area contributed by atoms with Crippen molar-refractivity contribution in [2.75, 3.05) is 32.1 Å². The maximum Gasteiger partial charge on any atom is 0.245 e. The minimum Gasteiger partial charge on any atom is -0.398 e. The minimum absolute atomic E-state index is 0.0130. The summed E-state index contributed by atoms with van der Waals surface area (Å²) >= 11 is 2.94. The first-order valence-corrected chi connectivity index (χ1v) is 8.06. The van der Waals surface area contributed by atoms with Crippen LogP contribution in [-0.4, -0.2) is 50.2 Å². The van der Waals surface area contributed by atoms with Crippen molar-refractivity contribution in [3.63, 3.8) is 0 Å². The normalized spacial score (nSPS) is 21.1. The molecule has 0 amide bonds. The Morgan fingerprint density at radius 3 is 2.90 bits per heavy atom. The minimum atomic E-state index is -3.92. The first kappa shape index (κ1) is 15.6. The van der Waals surface area contributed by atoms with Gasteiger partial charge < -0.3 is 15.6 Å². The highest BCUT2D eigenvalue weighted by molar-refractivity contribution is 9.10. The highest BCUT2D eigenvalue weighted by atomic mass is 79.9. The number of halogens is 2. The van der Waals surface area contributed by atoms with E-state index in [-0.39, 0.29) is 41.4 Å². The van der Waals surface area contributed by atoms with E-state index >= 15 is 0 Å². The van der Waals surface area contributed by atoms with E-state index in [0.717, 1.165) is 16.4 Å². The van der Waals surface area contributed by atoms with Gasteiger partial charge in [-0.15, -0.1) is 0 Å². The predicted octanol–water partition coefficient (Wildman–Crippen LogP) is 0.552. The molecule has 20 heavy (non-hydrogen) atoms. The maximum atomic E-state index is 13.3. The molecule has 1 aliphatic rings. The summed E-state index contributed by atoms with van der Waals surface area (Å²) in [5.74, 6) is -0.637. The maximum absolute atomic E-state index is 13.3. The number of nitrogens with zero attached hydrogens (tertiary/aromatic N) is 1. The van der Waals surface area contributed by atoms with Crippen molar-refractivity contribution in [3.8, 4) is 0 Å². The Labute approximate surface area is 124 Å². The highest BCUT2D eigenvalue weighted by Crippen LogP contribution is 2.29. The molecule has 1 aliphatic heterocycles. The third kappa shape index (κ3) is 2.82. The van der Waals surface area contributed by atoms with E-state index in [1.807, 2.05) is 0 Å². The van der Waals surface area contributed by atoms with Crippen LogP contribution in [0.3, 0.4) is 0 Å². The van der Waals surface area contributed by atoms with Gasteiger partial charge >= 0.3 is 0 Å². The van der Waals surface area contributed by atoms with Crippen molar-refractivity contribution < 1.29 is 22.7 Å². The topological polar surface area (TPSA) is 92.9 Å². The van der Waals surface area contributed by atoms with Crippen LogP contribution in [-0.2, 0) is 14.8 Å². The molecule has 0 saturated carbocycles. The smallest absolute Gasteiger partial charge is 0.245 e. The van der Waals surface area contributed by atoms with Crippen molar-refractivity contribution >= 4 is 31.6 Å². The van der Waals surface area contributed by atoms with Gasteiger partial charge in [0.25, 0.3) is 0 Å². The average Bonchev–Trinajstić information content (AvgIpc) is 2.42. The Kier molecular flexibility index (Phi) is 4.65. The van der Waals surface area contributed by atoms with E-state index in [0.29, 0.717) is 0 Å². The Bertz CT molecular complexity index is 611. The van der Waals surface area contributed by atoms with Crippen LogP contribution < -0.4 is 5.73 Å². The van der Waals surface area contributed by atoms with E-state index in [1.165, 1.54) is 0 Å². The second-order valence-corrected chi connectivity index (χ2v) is 7.04. The predicted molar refractivity (Wildman–Crippen MR) is 74.1 cm³/mol. The lowest BCUT2D eigenvalue weighted by Gasteiger charge is -2.33. The molecule has 0 aliphatic carbocycles. The zero-order chi connectivity index (χ0) is 14.9. The third-order valence-electron chi connectivity index (χ3n) is 3.02. The quantitative estimate of drug-likeness (QED) is 0.760. The van der Waals surface area contributed by atoms with Gasteiger partial charge in [0.05, 0.1) is 36.0 Å². The number of ether oxygens (including phenoxy) is 1. The van der Waals surface area contributed by atoms with E-state index in [2.05, 4.69) is 15.9 Å². The molecule has 0 radical (unpaired) electrons. The third-order valence-corrected chi connectivity index (χ3v) is 5.64. The summed E-state index contributed by atoms with van der Waals surface area (Å²) in [7, 11) is -3.92. The number of benzene rings is 1. The molecule has 1 unspecified atom stereocenters. The molecule has 1 saturated heterocycles. The number of anilines is 1. The summed E-state index contributed by atoms with van der Waals surface area (Å²) in [6, 6.07) is 1.41. The van der Waals surface area contributed by atoms with Crippen LogP contribution in [0.2, 0.25) is 0 Å². The first-order chi connectivity index (χ1) is 9.37. The van der Waals surface area contributed by atoms with E-state index in [4.69, 9.17) is 10.5 Å². The summed E-state index contributed by atoms with van der Waals surface area (Å²) in [5.41, 5.74) is 5.44. The van der Waals surface area contributed by atoms with Crippen molar-refractivity contribution in [2.45, 2.75) is 10.9 Å². The van der Waals surface area contributed by atoms with E-state index in [1.54, 1.807) is 0 Å². The van der Waals surface area contributed by atoms with E-state index in [9.17, 15) is 17.9 Å². The summed E-state index contributed by atoms with van der Waals surface area (Å²) in [6.45, 7) is 0.0967. The molecule has 0 spiro atoms. The van der Waals surface area contributed by atoms with Crippen LogP contribution in [0.1, 0.15) is 0 Å². The summed E-state index contributed by atoms with van der Waals surface area (Å²) < 4.78 is 44.8. The molecule has 0 bridgehead atoms. The van der Waals surface area contributed by atoms with Gasteiger partial charge in [0.15, 0.2) is 0 Å². The van der Waals surface area contributed by atoms with Crippen LogP contribution in [0.15, 0.2) is 21.5 Å². The molecule has 0 aromatic heterocycles. The number of rotatable bonds is 3. The Morgan fingerprint density at radius 2 is 2.25 bits per heavy atom. The number of hydrogen-bond acceptors (Lipinski definition) is 5. The lowest BCUT2D eigenvalue weighted by Crippen LogP contribution is -2.50. The van der Waals surface area contributed by atoms with Crippen molar-refractivity contribution in [1.82, 2.24) is 4.31 Å². The lowest BCUT2D eigenvalue weighted by atomic mass is 10.3. The van der Waals surface area contributed by atoms with Crippen LogP contribution in [0, 0.1) is 5.82 Å². The van der Waals surface area contributed by atoms with Gasteiger partial charge in [-0.3, -0.25) is 0 Å². The first-order valence-electron chi connectivity index (χ1n) is 5.83. The molecule has 1 atom stereocenters. The Hall–Kier alpha value is -0.740. The van der Waals surface area contributed by atoms with Gasteiger partial charge in [0.1, 0.15) is 10.7 Å². The standard InChI is InChI=1S/C11H14BrFN2O4S/c12-8-3-11(10(14)4-9(8)13)20(17,18)15-1-2-19-6-7(15)5-16/h3-4,7,16H,1-2,5-6,14H2. The number of nitrogen functional groups attached to an aromatic ring is 1. The van der Waals surface area contributed by atoms with Gasteiger partial charge in [-0.25, -0.2) is 12.8 Å². The van der Waals surface area contributed by atoms with Crippen molar-refractivity contribution in [3.05, 3.63) is 22.4 Å². The fraction of sp³-hybridized carbons (Fsp3) is 0.455. The molecule has 3 N–H and O–H groups in total. The summed E-state index contributed by atoms with van der Waals surface area (Å²) in [5, 5.41) is 9.25. The second kappa shape index (κ2) is 5.94. The monoisotopic (exact) mass is 368 g/mol. The second-order valence-electron chi connectivity index (χ2n) is 4.33. The van der Waals surface area contributed by atoms with Gasteiger partial charge in [0, 0.05) is 6.54 Å². The molecular formula is C11H14BrFN2O4S. The molecule has 1 heterocycles. The van der Waals surface area contributed by atoms with Gasteiger partial charge in [-0.1, -0.05) is 0 Å². The molecule has 2 rings (SSSR count). The van der Waals surface area contributed by atoms with Gasteiger partial charge in [-0.05, 0) is 28.1 Å². The fourth-order valence-electron chi connectivity index (χ4n) is 1.99. The zero-order valence-corrected chi connectivity index (χ0v) is 12.8. The SMILES string of the molecule is Nc1cc(F)c(Br)cc1S(=O)(=O)N1CCOCC1CO. The summed E-state index contributed by atoms with van der Waals surface area (Å²) in [4.78, 5) is -0.189. The van der Waals surface area contributed by atoms with Gasteiger partial charge in [-0.2, -0.15) is 4.31 Å². The Morgan fingerprint density at radius 1 is 1.55 bits per heavy atom. The Balaban J connectivity index is 2.46. The fourth-order valence-corrected chi connectivity index (χ4v) is 4.20. The largest absolute Gasteiger partial charge is 0.398 e. The van der Waals surface area contributed by atoms with Crippen molar-refractivity contribution in [2.24, 2.45) is 0 Å². The molecule has 1 aromatic carbocycles. The highest BCUT2D eigenvalue weighted by Gasteiger charge is 2.35. The molecule has 1 aromatic rings. The van der Waals surface area contributed by atoms with Crippen LogP contribution >= 0.6 is 15.9 Å². The van der Waals surface area contributed by atoms with Gasteiger partial charge in [0.2, 0.25) is 10.0 Å². The molecule has 1 fully saturated rings. The van der Waals surface area contributed by atoms with E-state index < -0.39 is 21.9 Å². The summed E-state index contributed by atoms with van der Waals surface area (Å²) in [6.07, 6.45) is 0.